The molecule has 0 aliphatic carbocycles. The van der Waals surface area contributed by atoms with Crippen molar-refractivity contribution in [1.82, 2.24) is 9.97 Å². The number of phenols is 1. The lowest BCUT2D eigenvalue weighted by atomic mass is 9.79. The van der Waals surface area contributed by atoms with Gasteiger partial charge < -0.3 is 30.4 Å². The molecule has 0 bridgehead atoms. The van der Waals surface area contributed by atoms with Crippen molar-refractivity contribution in [3.63, 3.8) is 0 Å². The second-order valence-corrected chi connectivity index (χ2v) is 7.41. The molecule has 2 aliphatic heterocycles. The number of benzene rings is 2. The van der Waals surface area contributed by atoms with Gasteiger partial charge in [-0.3, -0.25) is 4.79 Å². The molecule has 1 aromatic heterocycles. The summed E-state index contributed by atoms with van der Waals surface area (Å²) in [5.41, 5.74) is 5.88. The molecule has 3 aromatic rings. The minimum absolute atomic E-state index is 0.0692. The van der Waals surface area contributed by atoms with Gasteiger partial charge in [0.05, 0.1) is 19.5 Å². The van der Waals surface area contributed by atoms with Gasteiger partial charge in [-0.15, -0.1) is 0 Å². The average molecular weight is 451 g/mol. The number of amides is 1. The van der Waals surface area contributed by atoms with Gasteiger partial charge in [-0.05, 0) is 24.3 Å². The first-order valence-electron chi connectivity index (χ1n) is 9.91. The molecule has 3 heterocycles. The van der Waals surface area contributed by atoms with E-state index in [2.05, 4.69) is 20.3 Å². The normalized spacial score (nSPS) is 18.3. The van der Waals surface area contributed by atoms with E-state index in [4.69, 9.17) is 19.9 Å². The lowest BCUT2D eigenvalue weighted by molar-refractivity contribution is 0.0624. The van der Waals surface area contributed by atoms with E-state index < -0.39 is 17.3 Å². The number of fused-ring (bicyclic) bond motifs is 4. The standard InChI is InChI=1S/C22H18FN5O5/c1-31-18-10-26-16(9-27-18)20(30)28-11-2-3-17-13(6-11)22(4-5-25-21(24)33-22)14-7-12(29)8-15(23)19(14)32-17/h2-3,6-10,29H,4-5H2,1H3,(H2,24,25)(H,28,30)/t22-/m0/s1. The second kappa shape index (κ2) is 7.62. The summed E-state index contributed by atoms with van der Waals surface area (Å²) in [6.45, 7) is 0.306. The first kappa shape index (κ1) is 20.5. The van der Waals surface area contributed by atoms with E-state index in [0.717, 1.165) is 6.07 Å². The van der Waals surface area contributed by atoms with Gasteiger partial charge in [0.1, 0.15) is 17.2 Å². The molecule has 0 radical (unpaired) electrons. The molecular formula is C22H18FN5O5. The molecule has 2 aromatic carbocycles. The Balaban J connectivity index is 1.56. The number of hydrogen-bond donors (Lipinski definition) is 3. The number of aromatic nitrogens is 2. The highest BCUT2D eigenvalue weighted by Crippen LogP contribution is 2.53. The van der Waals surface area contributed by atoms with E-state index in [0.29, 0.717) is 30.0 Å². The van der Waals surface area contributed by atoms with E-state index >= 15 is 0 Å². The third-order valence-electron chi connectivity index (χ3n) is 5.43. The number of methoxy groups -OCH3 is 1. The van der Waals surface area contributed by atoms with Gasteiger partial charge in [0.2, 0.25) is 5.88 Å². The Bertz CT molecular complexity index is 1300. The summed E-state index contributed by atoms with van der Waals surface area (Å²) < 4.78 is 31.4. The monoisotopic (exact) mass is 451 g/mol. The fourth-order valence-electron chi connectivity index (χ4n) is 3.95. The molecule has 168 valence electrons. The number of halogens is 1. The van der Waals surface area contributed by atoms with Gasteiger partial charge in [-0.2, -0.15) is 0 Å². The van der Waals surface area contributed by atoms with Crippen LogP contribution in [0, 0.1) is 5.82 Å². The number of carbonyl (C=O) groups excluding carboxylic acids is 1. The largest absolute Gasteiger partial charge is 0.508 e. The van der Waals surface area contributed by atoms with Crippen molar-refractivity contribution in [2.24, 2.45) is 10.7 Å². The number of nitrogens with one attached hydrogen (secondary N) is 1. The highest BCUT2D eigenvalue weighted by molar-refractivity contribution is 6.02. The zero-order chi connectivity index (χ0) is 23.2. The highest BCUT2D eigenvalue weighted by atomic mass is 19.1. The predicted octanol–water partition coefficient (Wildman–Crippen LogP) is 2.67. The molecule has 0 fully saturated rings. The Labute approximate surface area is 186 Å². The molecule has 1 atom stereocenters. The van der Waals surface area contributed by atoms with Crippen LogP contribution in [0.5, 0.6) is 23.1 Å². The van der Waals surface area contributed by atoms with Gasteiger partial charge in [0, 0.05) is 35.8 Å². The van der Waals surface area contributed by atoms with Crippen LogP contribution in [0.3, 0.4) is 0 Å². The van der Waals surface area contributed by atoms with Crippen LogP contribution in [0.15, 0.2) is 47.7 Å². The summed E-state index contributed by atoms with van der Waals surface area (Å²) in [7, 11) is 1.45. The van der Waals surface area contributed by atoms with Gasteiger partial charge in [0.25, 0.3) is 11.9 Å². The third kappa shape index (κ3) is 3.43. The van der Waals surface area contributed by atoms with Crippen molar-refractivity contribution in [1.29, 1.82) is 0 Å². The molecule has 2 aliphatic rings. The van der Waals surface area contributed by atoms with Crippen LogP contribution in [0.4, 0.5) is 10.1 Å². The second-order valence-electron chi connectivity index (χ2n) is 7.41. The molecule has 4 N–H and O–H groups in total. The molecule has 33 heavy (non-hydrogen) atoms. The van der Waals surface area contributed by atoms with E-state index in [1.54, 1.807) is 18.2 Å². The molecule has 11 heteroatoms. The summed E-state index contributed by atoms with van der Waals surface area (Å²) >= 11 is 0. The maximum absolute atomic E-state index is 14.7. The lowest BCUT2D eigenvalue weighted by Crippen LogP contribution is -2.42. The number of anilines is 1. The summed E-state index contributed by atoms with van der Waals surface area (Å²) in [4.78, 5) is 24.7. The first-order chi connectivity index (χ1) is 15.9. The Morgan fingerprint density at radius 2 is 2.09 bits per heavy atom. The minimum atomic E-state index is -1.27. The summed E-state index contributed by atoms with van der Waals surface area (Å²) in [5.74, 6) is -0.989. The smallest absolute Gasteiger partial charge is 0.283 e. The van der Waals surface area contributed by atoms with Gasteiger partial charge in [-0.25, -0.2) is 19.4 Å². The molecular weight excluding hydrogens is 433 g/mol. The maximum Gasteiger partial charge on any atom is 0.283 e. The first-order valence-corrected chi connectivity index (χ1v) is 9.91. The van der Waals surface area contributed by atoms with E-state index in [-0.39, 0.29) is 34.7 Å². The number of amidine groups is 1. The number of nitrogens with two attached hydrogens (primary N) is 1. The van der Waals surface area contributed by atoms with Crippen LogP contribution in [-0.2, 0) is 10.3 Å². The summed E-state index contributed by atoms with van der Waals surface area (Å²) in [6.07, 6.45) is 2.93. The van der Waals surface area contributed by atoms with Crippen molar-refractivity contribution < 1.29 is 28.5 Å². The topological polar surface area (TPSA) is 141 Å². The SMILES string of the molecule is COc1cnc(C(=O)Nc2ccc3c(c2)[C@@]2(CCN=C(N)O2)c2cc(O)cc(F)c2O3)cn1. The Morgan fingerprint density at radius 3 is 2.82 bits per heavy atom. The van der Waals surface area contributed by atoms with E-state index in [1.807, 2.05) is 0 Å². The van der Waals surface area contributed by atoms with Crippen molar-refractivity contribution in [2.75, 3.05) is 19.0 Å². The minimum Gasteiger partial charge on any atom is -0.508 e. The van der Waals surface area contributed by atoms with Crippen molar-refractivity contribution in [3.05, 3.63) is 65.4 Å². The molecule has 5 rings (SSSR count). The third-order valence-corrected chi connectivity index (χ3v) is 5.43. The quantitative estimate of drug-likeness (QED) is 0.552. The molecule has 10 nitrogen and oxygen atoms in total. The van der Waals surface area contributed by atoms with Crippen LogP contribution in [0.25, 0.3) is 0 Å². The maximum atomic E-state index is 14.7. The van der Waals surface area contributed by atoms with E-state index in [9.17, 15) is 14.3 Å². The van der Waals surface area contributed by atoms with Gasteiger partial charge in [0.15, 0.2) is 17.2 Å². The number of ether oxygens (including phenoxy) is 3. The molecule has 0 saturated carbocycles. The molecule has 1 amide bonds. The fraction of sp³-hybridized carbons (Fsp3) is 0.182. The molecule has 0 unspecified atom stereocenters. The molecule has 0 saturated heterocycles. The number of aromatic hydroxyl groups is 1. The number of aliphatic imine (C=N–C) groups is 1. The van der Waals surface area contributed by atoms with Gasteiger partial charge in [-0.1, -0.05) is 0 Å². The van der Waals surface area contributed by atoms with Crippen LogP contribution in [0.2, 0.25) is 0 Å². The number of carbonyl (C=O) groups is 1. The van der Waals surface area contributed by atoms with Crippen LogP contribution < -0.4 is 20.5 Å². The van der Waals surface area contributed by atoms with Crippen LogP contribution >= 0.6 is 0 Å². The van der Waals surface area contributed by atoms with Gasteiger partial charge >= 0.3 is 0 Å². The van der Waals surface area contributed by atoms with Crippen LogP contribution in [0.1, 0.15) is 28.0 Å². The Morgan fingerprint density at radius 1 is 1.24 bits per heavy atom. The lowest BCUT2D eigenvalue weighted by Gasteiger charge is -2.41. The van der Waals surface area contributed by atoms with Crippen molar-refractivity contribution >= 4 is 17.6 Å². The van der Waals surface area contributed by atoms with Crippen molar-refractivity contribution in [3.8, 4) is 23.1 Å². The summed E-state index contributed by atoms with van der Waals surface area (Å²) in [6, 6.07) is 7.10. The van der Waals surface area contributed by atoms with E-state index in [1.165, 1.54) is 25.6 Å². The zero-order valence-corrected chi connectivity index (χ0v) is 17.3. The average Bonchev–Trinajstić information content (AvgIpc) is 2.80. The zero-order valence-electron chi connectivity index (χ0n) is 17.3. The van der Waals surface area contributed by atoms with Crippen molar-refractivity contribution in [2.45, 2.75) is 12.0 Å². The van der Waals surface area contributed by atoms with Crippen LogP contribution in [-0.4, -0.2) is 40.7 Å². The predicted molar refractivity (Wildman–Crippen MR) is 114 cm³/mol. The highest BCUT2D eigenvalue weighted by Gasteiger charge is 2.48. The molecule has 1 spiro atoms. The summed E-state index contributed by atoms with van der Waals surface area (Å²) in [5, 5.41) is 12.8. The number of rotatable bonds is 3. The Hall–Kier alpha value is -4.41. The number of nitrogens with zero attached hydrogens (tertiary/aromatic N) is 3. The number of hydrogen-bond acceptors (Lipinski definition) is 9. The Kier molecular flexibility index (Phi) is 4.73. The number of phenolic OH excluding ortho intramolecular Hbond substituents is 1. The fourth-order valence-corrected chi connectivity index (χ4v) is 3.95.